The van der Waals surface area contributed by atoms with Crippen molar-refractivity contribution in [2.75, 3.05) is 12.9 Å². The fraction of sp³-hybridized carbons (Fsp3) is 0.133. The molecule has 0 aliphatic carbocycles. The number of benzene rings is 2. The predicted molar refractivity (Wildman–Crippen MR) is 80.8 cm³/mol. The zero-order chi connectivity index (χ0) is 15.5. The van der Waals surface area contributed by atoms with Crippen LogP contribution in [0.25, 0.3) is 0 Å². The Hall–Kier alpha value is -1.85. The summed E-state index contributed by atoms with van der Waals surface area (Å²) in [5.41, 5.74) is 0.374. The van der Waals surface area contributed by atoms with E-state index in [-0.39, 0.29) is 17.3 Å². The summed E-state index contributed by atoms with van der Waals surface area (Å²) in [7, 11) is -3.31. The van der Waals surface area contributed by atoms with Crippen LogP contribution >= 0.6 is 11.6 Å². The number of sulfone groups is 1. The summed E-state index contributed by atoms with van der Waals surface area (Å²) in [6, 6.07) is 12.7. The number of halogens is 1. The van der Waals surface area contributed by atoms with E-state index in [2.05, 4.69) is 0 Å². The van der Waals surface area contributed by atoms with Crippen LogP contribution in [0.4, 0.5) is 0 Å². The van der Waals surface area contributed by atoms with Crippen LogP contribution in [-0.4, -0.2) is 27.1 Å². The summed E-state index contributed by atoms with van der Waals surface area (Å²) < 4.78 is 28.2. The molecule has 6 heteroatoms. The highest BCUT2D eigenvalue weighted by molar-refractivity contribution is 7.90. The maximum atomic E-state index is 12.0. The largest absolute Gasteiger partial charge is 0.485 e. The Morgan fingerprint density at radius 1 is 1.14 bits per heavy atom. The van der Waals surface area contributed by atoms with E-state index in [9.17, 15) is 13.2 Å². The van der Waals surface area contributed by atoms with Gasteiger partial charge in [0.2, 0.25) is 5.78 Å². The first-order valence-electron chi connectivity index (χ1n) is 6.08. The van der Waals surface area contributed by atoms with Gasteiger partial charge in [-0.25, -0.2) is 8.42 Å². The summed E-state index contributed by atoms with van der Waals surface area (Å²) in [5.74, 6) is 0.0451. The van der Waals surface area contributed by atoms with E-state index >= 15 is 0 Å². The molecule has 0 aliphatic rings. The van der Waals surface area contributed by atoms with Gasteiger partial charge in [0.25, 0.3) is 0 Å². The maximum Gasteiger partial charge on any atom is 0.201 e. The number of hydrogen-bond acceptors (Lipinski definition) is 4. The van der Waals surface area contributed by atoms with Gasteiger partial charge in [-0.1, -0.05) is 29.8 Å². The van der Waals surface area contributed by atoms with E-state index in [1.54, 1.807) is 36.4 Å². The van der Waals surface area contributed by atoms with Crippen molar-refractivity contribution < 1.29 is 17.9 Å². The molecule has 2 aromatic carbocycles. The lowest BCUT2D eigenvalue weighted by Gasteiger charge is -2.07. The second-order valence-electron chi connectivity index (χ2n) is 4.44. The molecule has 0 N–H and O–H groups in total. The quantitative estimate of drug-likeness (QED) is 0.793. The zero-order valence-corrected chi connectivity index (χ0v) is 12.8. The van der Waals surface area contributed by atoms with Crippen molar-refractivity contribution in [1.82, 2.24) is 0 Å². The zero-order valence-electron chi connectivity index (χ0n) is 11.2. The van der Waals surface area contributed by atoms with Crippen LogP contribution in [0.15, 0.2) is 53.4 Å². The maximum absolute atomic E-state index is 12.0. The number of ether oxygens (including phenoxy) is 1. The average Bonchev–Trinajstić information content (AvgIpc) is 2.45. The van der Waals surface area contributed by atoms with Gasteiger partial charge < -0.3 is 4.74 Å². The van der Waals surface area contributed by atoms with Crippen molar-refractivity contribution in [2.45, 2.75) is 4.90 Å². The molecule has 0 saturated heterocycles. The van der Waals surface area contributed by atoms with Crippen molar-refractivity contribution >= 4 is 27.2 Å². The molecule has 0 bridgehead atoms. The van der Waals surface area contributed by atoms with Crippen LogP contribution in [0.2, 0.25) is 5.02 Å². The molecule has 2 rings (SSSR count). The lowest BCUT2D eigenvalue weighted by Crippen LogP contribution is -2.12. The number of carbonyl (C=O) groups is 1. The molecule has 0 atom stereocenters. The molecule has 0 aromatic heterocycles. The molecule has 4 nitrogen and oxygen atoms in total. The third-order valence-electron chi connectivity index (χ3n) is 2.78. The van der Waals surface area contributed by atoms with Crippen LogP contribution in [0.1, 0.15) is 10.4 Å². The smallest absolute Gasteiger partial charge is 0.201 e. The third-order valence-corrected chi connectivity index (χ3v) is 4.22. The van der Waals surface area contributed by atoms with E-state index in [1.807, 2.05) is 0 Å². The van der Waals surface area contributed by atoms with Crippen LogP contribution in [0.5, 0.6) is 5.75 Å². The summed E-state index contributed by atoms with van der Waals surface area (Å²) in [6.07, 6.45) is 1.11. The highest BCUT2D eigenvalue weighted by Gasteiger charge is 2.12. The molecule has 110 valence electrons. The molecule has 2 aromatic rings. The Balaban J connectivity index is 2.11. The van der Waals surface area contributed by atoms with E-state index in [0.29, 0.717) is 16.3 Å². The van der Waals surface area contributed by atoms with Crippen molar-refractivity contribution in [3.8, 4) is 5.75 Å². The number of Topliss-reactive ketones (excluding diaryl/α,β-unsaturated/α-hetero) is 1. The summed E-state index contributed by atoms with van der Waals surface area (Å²) in [5, 5.41) is 0.357. The van der Waals surface area contributed by atoms with Gasteiger partial charge in [0.15, 0.2) is 16.4 Å². The molecule has 0 aliphatic heterocycles. The fourth-order valence-electron chi connectivity index (χ4n) is 1.71. The summed E-state index contributed by atoms with van der Waals surface area (Å²) >= 11 is 5.93. The number of carbonyl (C=O) groups excluding carboxylic acids is 1. The Kier molecular flexibility index (Phi) is 4.65. The minimum absolute atomic E-state index is 0.144. The molecule has 0 spiro atoms. The second kappa shape index (κ2) is 6.28. The van der Waals surface area contributed by atoms with Gasteiger partial charge in [-0.2, -0.15) is 0 Å². The van der Waals surface area contributed by atoms with Gasteiger partial charge in [0.05, 0.1) is 9.92 Å². The van der Waals surface area contributed by atoms with Crippen LogP contribution in [0, 0.1) is 0 Å². The van der Waals surface area contributed by atoms with E-state index in [0.717, 1.165) is 6.26 Å². The normalized spacial score (nSPS) is 11.1. The van der Waals surface area contributed by atoms with Crippen LogP contribution < -0.4 is 4.74 Å². The topological polar surface area (TPSA) is 60.4 Å². The Labute approximate surface area is 128 Å². The second-order valence-corrected chi connectivity index (χ2v) is 6.86. The van der Waals surface area contributed by atoms with Crippen molar-refractivity contribution in [2.24, 2.45) is 0 Å². The average molecular weight is 325 g/mol. The first-order valence-corrected chi connectivity index (χ1v) is 8.35. The van der Waals surface area contributed by atoms with Crippen LogP contribution in [0.3, 0.4) is 0 Å². The third kappa shape index (κ3) is 4.06. The summed E-state index contributed by atoms with van der Waals surface area (Å²) in [6.45, 7) is -0.211. The SMILES string of the molecule is CS(=O)(=O)c1cccc(OCC(=O)c2ccccc2Cl)c1. The fourth-order valence-corrected chi connectivity index (χ4v) is 2.61. The molecule has 0 unspecified atom stereocenters. The number of ketones is 1. The van der Waals surface area contributed by atoms with Gasteiger partial charge in [-0.05, 0) is 30.3 Å². The Morgan fingerprint density at radius 3 is 2.52 bits per heavy atom. The van der Waals surface area contributed by atoms with Crippen molar-refractivity contribution in [1.29, 1.82) is 0 Å². The standard InChI is InChI=1S/C15H13ClO4S/c1-21(18,19)12-6-4-5-11(9-12)20-10-15(17)13-7-2-3-8-14(13)16/h2-9H,10H2,1H3. The lowest BCUT2D eigenvalue weighted by atomic mass is 10.1. The van der Waals surface area contributed by atoms with Gasteiger partial charge in [-0.3, -0.25) is 4.79 Å². The first kappa shape index (κ1) is 15.5. The van der Waals surface area contributed by atoms with Gasteiger partial charge in [0, 0.05) is 11.8 Å². The monoisotopic (exact) mass is 324 g/mol. The van der Waals surface area contributed by atoms with Gasteiger partial charge >= 0.3 is 0 Å². The first-order chi connectivity index (χ1) is 9.88. The van der Waals surface area contributed by atoms with Gasteiger partial charge in [-0.15, -0.1) is 0 Å². The highest BCUT2D eigenvalue weighted by Crippen LogP contribution is 2.19. The highest BCUT2D eigenvalue weighted by atomic mass is 35.5. The summed E-state index contributed by atoms with van der Waals surface area (Å²) in [4.78, 5) is 12.1. The molecule has 0 saturated carbocycles. The number of rotatable bonds is 5. The molecular weight excluding hydrogens is 312 g/mol. The Bertz CT molecular complexity index is 769. The Morgan fingerprint density at radius 2 is 1.86 bits per heavy atom. The van der Waals surface area contributed by atoms with E-state index in [1.165, 1.54) is 12.1 Å². The minimum Gasteiger partial charge on any atom is -0.485 e. The van der Waals surface area contributed by atoms with E-state index in [4.69, 9.17) is 16.3 Å². The predicted octanol–water partition coefficient (Wildman–Crippen LogP) is 3.01. The molecule has 0 fully saturated rings. The lowest BCUT2D eigenvalue weighted by molar-refractivity contribution is 0.0921. The molecule has 0 amide bonds. The minimum atomic E-state index is -3.31. The molecular formula is C15H13ClO4S. The molecule has 0 radical (unpaired) electrons. The van der Waals surface area contributed by atoms with Crippen LogP contribution in [-0.2, 0) is 9.84 Å². The van der Waals surface area contributed by atoms with Gasteiger partial charge in [0.1, 0.15) is 5.75 Å². The molecule has 21 heavy (non-hydrogen) atoms. The van der Waals surface area contributed by atoms with Crippen molar-refractivity contribution in [3.05, 3.63) is 59.1 Å². The van der Waals surface area contributed by atoms with E-state index < -0.39 is 9.84 Å². The van der Waals surface area contributed by atoms with Crippen molar-refractivity contribution in [3.63, 3.8) is 0 Å². The molecule has 0 heterocycles. The number of hydrogen-bond donors (Lipinski definition) is 0.